The molecule has 1 aliphatic heterocycles. The van der Waals surface area contributed by atoms with Crippen LogP contribution in [0.5, 0.6) is 5.75 Å². The predicted molar refractivity (Wildman–Crippen MR) is 140 cm³/mol. The third-order valence-electron chi connectivity index (χ3n) is 5.14. The predicted octanol–water partition coefficient (Wildman–Crippen LogP) is 6.56. The lowest BCUT2D eigenvalue weighted by molar-refractivity contribution is -0.123. The number of rotatable bonds is 7. The Morgan fingerprint density at radius 3 is 2.60 bits per heavy atom. The Morgan fingerprint density at radius 2 is 1.83 bits per heavy atom. The fraction of sp³-hybridized carbons (Fsp3) is 0.115. The van der Waals surface area contributed by atoms with Crippen molar-refractivity contribution >= 4 is 63.8 Å². The van der Waals surface area contributed by atoms with Crippen molar-refractivity contribution in [2.24, 2.45) is 0 Å². The molecule has 4 rings (SSSR count). The molecule has 9 heteroatoms. The standard InChI is InChI=1S/C26H20Cl2N2O4S/c1-16-9-10-19(13-22(16)28)29-24(31)15-34-20-7-4-5-17(11-20)12-23-25(32)30(26(33)35-23)14-18-6-2-3-8-21(18)27/h2-13H,14-15H2,1H3,(H,29,31)/b23-12-. The maximum atomic E-state index is 12.8. The normalized spacial score (nSPS) is 14.5. The number of carbonyl (C=O) groups is 3. The minimum absolute atomic E-state index is 0.103. The van der Waals surface area contributed by atoms with E-state index in [4.69, 9.17) is 27.9 Å². The number of imide groups is 1. The van der Waals surface area contributed by atoms with Crippen LogP contribution in [0.4, 0.5) is 10.5 Å². The lowest BCUT2D eigenvalue weighted by atomic mass is 10.2. The first kappa shape index (κ1) is 24.9. The molecule has 1 aliphatic rings. The average Bonchev–Trinajstić information content (AvgIpc) is 3.09. The number of amides is 3. The van der Waals surface area contributed by atoms with Crippen molar-refractivity contribution in [3.05, 3.63) is 98.4 Å². The number of hydrogen-bond donors (Lipinski definition) is 1. The maximum absolute atomic E-state index is 12.8. The number of halogens is 2. The van der Waals surface area contributed by atoms with Crippen LogP contribution in [-0.4, -0.2) is 28.6 Å². The first-order valence-corrected chi connectivity index (χ1v) is 12.1. The molecule has 3 aromatic carbocycles. The van der Waals surface area contributed by atoms with Crippen LogP contribution in [0.3, 0.4) is 0 Å². The van der Waals surface area contributed by atoms with Crippen molar-refractivity contribution in [3.63, 3.8) is 0 Å². The first-order chi connectivity index (χ1) is 16.8. The Bertz CT molecular complexity index is 1340. The molecule has 1 N–H and O–H groups in total. The van der Waals surface area contributed by atoms with Gasteiger partial charge in [-0.25, -0.2) is 0 Å². The number of ether oxygens (including phenoxy) is 1. The van der Waals surface area contributed by atoms with Gasteiger partial charge in [-0.3, -0.25) is 19.3 Å². The number of carbonyl (C=O) groups excluding carboxylic acids is 3. The van der Waals surface area contributed by atoms with Gasteiger partial charge in [0.2, 0.25) is 0 Å². The summed E-state index contributed by atoms with van der Waals surface area (Å²) in [5, 5.41) is 3.43. The molecule has 6 nitrogen and oxygen atoms in total. The van der Waals surface area contributed by atoms with Crippen LogP contribution >= 0.6 is 35.0 Å². The molecule has 178 valence electrons. The topological polar surface area (TPSA) is 75.7 Å². The lowest BCUT2D eigenvalue weighted by Gasteiger charge is -2.13. The van der Waals surface area contributed by atoms with Crippen LogP contribution in [0.1, 0.15) is 16.7 Å². The number of benzene rings is 3. The molecular formula is C26H20Cl2N2O4S. The van der Waals surface area contributed by atoms with Crippen LogP contribution in [0, 0.1) is 6.92 Å². The Kier molecular flexibility index (Phi) is 7.80. The van der Waals surface area contributed by atoms with E-state index in [1.165, 1.54) is 4.90 Å². The highest BCUT2D eigenvalue weighted by Crippen LogP contribution is 2.34. The van der Waals surface area contributed by atoms with Crippen LogP contribution in [0.15, 0.2) is 71.6 Å². The molecule has 3 aromatic rings. The molecule has 0 unspecified atom stereocenters. The molecular weight excluding hydrogens is 507 g/mol. The second-order valence-electron chi connectivity index (χ2n) is 7.73. The van der Waals surface area contributed by atoms with Gasteiger partial charge in [-0.2, -0.15) is 0 Å². The Balaban J connectivity index is 1.39. The van der Waals surface area contributed by atoms with Crippen molar-refractivity contribution in [2.75, 3.05) is 11.9 Å². The van der Waals surface area contributed by atoms with Crippen LogP contribution in [0.25, 0.3) is 6.08 Å². The van der Waals surface area contributed by atoms with Crippen molar-refractivity contribution in [3.8, 4) is 5.75 Å². The molecule has 0 aliphatic carbocycles. The molecule has 0 aromatic heterocycles. The quantitative estimate of drug-likeness (QED) is 0.353. The SMILES string of the molecule is Cc1ccc(NC(=O)COc2cccc(/C=C3\SC(=O)N(Cc4ccccc4Cl)C3=O)c2)cc1Cl. The van der Waals surface area contributed by atoms with Gasteiger partial charge in [0.1, 0.15) is 5.75 Å². The summed E-state index contributed by atoms with van der Waals surface area (Å²) in [5.41, 5.74) is 2.85. The molecule has 0 bridgehead atoms. The molecule has 0 saturated carbocycles. The van der Waals surface area contributed by atoms with Crippen molar-refractivity contribution in [1.82, 2.24) is 4.90 Å². The van der Waals surface area contributed by atoms with E-state index in [1.54, 1.807) is 66.7 Å². The summed E-state index contributed by atoms with van der Waals surface area (Å²) in [5.74, 6) is -0.274. The van der Waals surface area contributed by atoms with Crippen LogP contribution < -0.4 is 10.1 Å². The second-order valence-corrected chi connectivity index (χ2v) is 9.54. The zero-order valence-electron chi connectivity index (χ0n) is 18.6. The summed E-state index contributed by atoms with van der Waals surface area (Å²) in [6.45, 7) is 1.78. The fourth-order valence-electron chi connectivity index (χ4n) is 3.30. The second kappa shape index (κ2) is 11.0. The summed E-state index contributed by atoms with van der Waals surface area (Å²) in [6, 6.07) is 19.3. The molecule has 3 amide bonds. The highest BCUT2D eigenvalue weighted by atomic mass is 35.5. The average molecular weight is 527 g/mol. The Labute approximate surface area is 216 Å². The number of hydrogen-bond acceptors (Lipinski definition) is 5. The van der Waals surface area contributed by atoms with E-state index >= 15 is 0 Å². The number of thioether (sulfide) groups is 1. The summed E-state index contributed by atoms with van der Waals surface area (Å²) in [7, 11) is 0. The van der Waals surface area contributed by atoms with E-state index in [0.717, 1.165) is 17.3 Å². The molecule has 0 atom stereocenters. The van der Waals surface area contributed by atoms with E-state index in [9.17, 15) is 14.4 Å². The van der Waals surface area contributed by atoms with E-state index in [0.29, 0.717) is 37.5 Å². The van der Waals surface area contributed by atoms with E-state index in [1.807, 2.05) is 13.0 Å². The van der Waals surface area contributed by atoms with Crippen molar-refractivity contribution in [2.45, 2.75) is 13.5 Å². The highest BCUT2D eigenvalue weighted by Gasteiger charge is 2.35. The number of nitrogens with one attached hydrogen (secondary N) is 1. The largest absolute Gasteiger partial charge is 0.484 e. The van der Waals surface area contributed by atoms with Gasteiger partial charge < -0.3 is 10.1 Å². The zero-order chi connectivity index (χ0) is 24.9. The minimum Gasteiger partial charge on any atom is -0.484 e. The number of nitrogens with zero attached hydrogens (tertiary/aromatic N) is 1. The highest BCUT2D eigenvalue weighted by molar-refractivity contribution is 8.18. The van der Waals surface area contributed by atoms with Crippen molar-refractivity contribution < 1.29 is 19.1 Å². The number of anilines is 1. The van der Waals surface area contributed by atoms with E-state index in [-0.39, 0.29) is 30.2 Å². The van der Waals surface area contributed by atoms with Gasteiger partial charge in [0.25, 0.3) is 17.1 Å². The maximum Gasteiger partial charge on any atom is 0.293 e. The summed E-state index contributed by atoms with van der Waals surface area (Å²) >= 11 is 13.1. The Hall–Kier alpha value is -3.26. The van der Waals surface area contributed by atoms with E-state index in [2.05, 4.69) is 5.32 Å². The van der Waals surface area contributed by atoms with Crippen LogP contribution in [-0.2, 0) is 16.1 Å². The lowest BCUT2D eigenvalue weighted by Crippen LogP contribution is -2.27. The van der Waals surface area contributed by atoms with Gasteiger partial charge in [-0.1, -0.05) is 59.6 Å². The van der Waals surface area contributed by atoms with Gasteiger partial charge in [0, 0.05) is 15.7 Å². The van der Waals surface area contributed by atoms with Gasteiger partial charge in [0.15, 0.2) is 6.61 Å². The van der Waals surface area contributed by atoms with Gasteiger partial charge in [0.05, 0.1) is 11.4 Å². The summed E-state index contributed by atoms with van der Waals surface area (Å²) in [4.78, 5) is 39.0. The summed E-state index contributed by atoms with van der Waals surface area (Å²) in [6.07, 6.45) is 1.62. The number of aryl methyl sites for hydroxylation is 1. The molecule has 0 radical (unpaired) electrons. The fourth-order valence-corrected chi connectivity index (χ4v) is 4.51. The minimum atomic E-state index is -0.387. The molecule has 0 spiro atoms. The van der Waals surface area contributed by atoms with Crippen molar-refractivity contribution in [1.29, 1.82) is 0 Å². The molecule has 1 saturated heterocycles. The molecule has 35 heavy (non-hydrogen) atoms. The van der Waals surface area contributed by atoms with E-state index < -0.39 is 0 Å². The third kappa shape index (κ3) is 6.25. The smallest absolute Gasteiger partial charge is 0.293 e. The summed E-state index contributed by atoms with van der Waals surface area (Å²) < 4.78 is 5.60. The molecule has 1 fully saturated rings. The Morgan fingerprint density at radius 1 is 1.03 bits per heavy atom. The third-order valence-corrected chi connectivity index (χ3v) is 6.82. The van der Waals surface area contributed by atoms with Crippen LogP contribution in [0.2, 0.25) is 10.0 Å². The van der Waals surface area contributed by atoms with Gasteiger partial charge in [-0.15, -0.1) is 0 Å². The first-order valence-electron chi connectivity index (χ1n) is 10.6. The monoisotopic (exact) mass is 526 g/mol. The molecule has 1 heterocycles. The van der Waals surface area contributed by atoms with Gasteiger partial charge in [-0.05, 0) is 71.8 Å². The zero-order valence-corrected chi connectivity index (χ0v) is 20.9. The van der Waals surface area contributed by atoms with Gasteiger partial charge >= 0.3 is 0 Å².